The second kappa shape index (κ2) is 5.83. The molecule has 0 aliphatic heterocycles. The summed E-state index contributed by atoms with van der Waals surface area (Å²) in [5.41, 5.74) is 5.79. The third kappa shape index (κ3) is 4.43. The number of primary amides is 1. The highest BCUT2D eigenvalue weighted by atomic mass is 32.1. The first-order valence-electron chi connectivity index (χ1n) is 5.88. The zero-order chi connectivity index (χ0) is 14.8. The van der Waals surface area contributed by atoms with Crippen LogP contribution in [0.1, 0.15) is 31.3 Å². The summed E-state index contributed by atoms with van der Waals surface area (Å²) in [6.45, 7) is 7.43. The van der Waals surface area contributed by atoms with Gasteiger partial charge in [0.15, 0.2) is 3.95 Å². The number of nitrogens with one attached hydrogen (secondary N) is 2. The monoisotopic (exact) mass is 301 g/mol. The number of hydrogen-bond acceptors (Lipinski definition) is 4. The van der Waals surface area contributed by atoms with Gasteiger partial charge >= 0.3 is 0 Å². The third-order valence-electron chi connectivity index (χ3n) is 2.70. The van der Waals surface area contributed by atoms with E-state index in [2.05, 4.69) is 10.3 Å². The third-order valence-corrected chi connectivity index (χ3v) is 4.04. The molecule has 0 fully saturated rings. The summed E-state index contributed by atoms with van der Waals surface area (Å²) in [4.78, 5) is 27.2. The Morgan fingerprint density at radius 1 is 1.47 bits per heavy atom. The average Bonchev–Trinajstić information content (AvgIpc) is 2.52. The molecule has 7 heteroatoms. The van der Waals surface area contributed by atoms with Crippen LogP contribution in [0.5, 0.6) is 0 Å². The van der Waals surface area contributed by atoms with Gasteiger partial charge < -0.3 is 16.0 Å². The van der Waals surface area contributed by atoms with Gasteiger partial charge in [-0.3, -0.25) is 9.59 Å². The van der Waals surface area contributed by atoms with Crippen molar-refractivity contribution in [2.45, 2.75) is 40.2 Å². The molecule has 1 aromatic heterocycles. The van der Waals surface area contributed by atoms with E-state index in [9.17, 15) is 9.59 Å². The van der Waals surface area contributed by atoms with Crippen LogP contribution in [0.3, 0.4) is 0 Å². The number of thiazole rings is 1. The van der Waals surface area contributed by atoms with Gasteiger partial charge in [0.1, 0.15) is 6.04 Å². The first kappa shape index (κ1) is 15.8. The minimum atomic E-state index is -0.688. The van der Waals surface area contributed by atoms with Crippen molar-refractivity contribution in [2.24, 2.45) is 11.1 Å². The van der Waals surface area contributed by atoms with Crippen LogP contribution < -0.4 is 11.1 Å². The SMILES string of the molecule is Cc1[nH]c(=S)sc1CC(=O)N[C@@H](C(N)=O)C(C)(C)C. The van der Waals surface area contributed by atoms with Crippen LogP contribution in [0.2, 0.25) is 0 Å². The number of aryl methyl sites for hydroxylation is 1. The molecule has 1 aromatic rings. The number of aromatic amines is 1. The van der Waals surface area contributed by atoms with Crippen LogP contribution in [-0.4, -0.2) is 22.8 Å². The Bertz CT molecular complexity index is 540. The molecule has 0 bridgehead atoms. The second-order valence-electron chi connectivity index (χ2n) is 5.51. The molecule has 0 spiro atoms. The van der Waals surface area contributed by atoms with E-state index >= 15 is 0 Å². The van der Waals surface area contributed by atoms with Crippen molar-refractivity contribution < 1.29 is 9.59 Å². The number of carbonyl (C=O) groups excluding carboxylic acids is 2. The van der Waals surface area contributed by atoms with Crippen molar-refractivity contribution in [1.82, 2.24) is 10.3 Å². The predicted molar refractivity (Wildman–Crippen MR) is 78.5 cm³/mol. The first-order valence-corrected chi connectivity index (χ1v) is 7.11. The standard InChI is InChI=1S/C12H19N3O2S2/c1-6-7(19-11(18)14-6)5-8(16)15-9(10(13)17)12(2,3)4/h9H,5H2,1-4H3,(H2,13,17)(H,14,18)(H,15,16)/t9-/m0/s1. The van der Waals surface area contributed by atoms with E-state index in [1.165, 1.54) is 11.3 Å². The normalized spacial score (nSPS) is 13.1. The lowest BCUT2D eigenvalue weighted by Gasteiger charge is -2.28. The minimum Gasteiger partial charge on any atom is -0.368 e. The minimum absolute atomic E-state index is 0.198. The maximum Gasteiger partial charge on any atom is 0.240 e. The van der Waals surface area contributed by atoms with Crippen LogP contribution in [0.25, 0.3) is 0 Å². The van der Waals surface area contributed by atoms with Gasteiger partial charge in [0.25, 0.3) is 0 Å². The number of hydrogen-bond donors (Lipinski definition) is 3. The van der Waals surface area contributed by atoms with E-state index in [4.69, 9.17) is 18.0 Å². The zero-order valence-corrected chi connectivity index (χ0v) is 13.1. The van der Waals surface area contributed by atoms with E-state index in [0.29, 0.717) is 3.95 Å². The van der Waals surface area contributed by atoms with Gasteiger partial charge in [0.05, 0.1) is 6.42 Å². The molecule has 1 atom stereocenters. The summed E-state index contributed by atoms with van der Waals surface area (Å²) in [6.07, 6.45) is 0.198. The number of carbonyl (C=O) groups is 2. The lowest BCUT2D eigenvalue weighted by atomic mass is 9.86. The van der Waals surface area contributed by atoms with Crippen molar-refractivity contribution in [3.63, 3.8) is 0 Å². The molecule has 0 aliphatic rings. The van der Waals surface area contributed by atoms with Crippen molar-refractivity contribution >= 4 is 35.4 Å². The summed E-state index contributed by atoms with van der Waals surface area (Å²) in [5, 5.41) is 2.69. The quantitative estimate of drug-likeness (QED) is 0.739. The summed E-state index contributed by atoms with van der Waals surface area (Å²) in [7, 11) is 0. The van der Waals surface area contributed by atoms with Crippen LogP contribution in [0.4, 0.5) is 0 Å². The molecule has 4 N–H and O–H groups in total. The molecular formula is C12H19N3O2S2. The highest BCUT2D eigenvalue weighted by molar-refractivity contribution is 7.73. The fourth-order valence-corrected chi connectivity index (χ4v) is 2.97. The van der Waals surface area contributed by atoms with Crippen LogP contribution in [0.15, 0.2) is 0 Å². The lowest BCUT2D eigenvalue weighted by Crippen LogP contribution is -2.52. The summed E-state index contributed by atoms with van der Waals surface area (Å²) in [6, 6.07) is -0.688. The number of aromatic nitrogens is 1. The molecule has 0 aromatic carbocycles. The molecule has 19 heavy (non-hydrogen) atoms. The topological polar surface area (TPSA) is 88.0 Å². The highest BCUT2D eigenvalue weighted by Crippen LogP contribution is 2.20. The number of rotatable bonds is 4. The molecule has 1 rings (SSSR count). The number of amides is 2. The maximum atomic E-state index is 12.0. The van der Waals surface area contributed by atoms with Crippen LogP contribution >= 0.6 is 23.6 Å². The molecule has 0 saturated carbocycles. The second-order valence-corrected chi connectivity index (χ2v) is 7.28. The van der Waals surface area contributed by atoms with E-state index in [1.54, 1.807) is 0 Å². The van der Waals surface area contributed by atoms with Gasteiger partial charge in [-0.05, 0) is 24.6 Å². The van der Waals surface area contributed by atoms with Crippen LogP contribution in [0, 0.1) is 16.3 Å². The van der Waals surface area contributed by atoms with E-state index in [0.717, 1.165) is 10.6 Å². The Balaban J connectivity index is 2.77. The van der Waals surface area contributed by atoms with Gasteiger partial charge in [-0.1, -0.05) is 20.8 Å². The Morgan fingerprint density at radius 2 is 2.05 bits per heavy atom. The van der Waals surface area contributed by atoms with Crippen molar-refractivity contribution in [2.75, 3.05) is 0 Å². The largest absolute Gasteiger partial charge is 0.368 e. The number of nitrogens with two attached hydrogens (primary N) is 1. The Morgan fingerprint density at radius 3 is 2.42 bits per heavy atom. The maximum absolute atomic E-state index is 12.0. The molecular weight excluding hydrogens is 282 g/mol. The molecule has 0 saturated heterocycles. The highest BCUT2D eigenvalue weighted by Gasteiger charge is 2.31. The summed E-state index contributed by atoms with van der Waals surface area (Å²) >= 11 is 6.39. The van der Waals surface area contributed by atoms with Crippen molar-refractivity contribution in [1.29, 1.82) is 0 Å². The fraction of sp³-hybridized carbons (Fsp3) is 0.583. The van der Waals surface area contributed by atoms with E-state index < -0.39 is 17.4 Å². The molecule has 2 amide bonds. The Labute approximate surface area is 121 Å². The smallest absolute Gasteiger partial charge is 0.240 e. The molecule has 5 nitrogen and oxygen atoms in total. The van der Waals surface area contributed by atoms with E-state index in [1.807, 2.05) is 27.7 Å². The number of H-pyrrole nitrogens is 1. The summed E-state index contributed by atoms with van der Waals surface area (Å²) in [5.74, 6) is -0.758. The lowest BCUT2D eigenvalue weighted by molar-refractivity contribution is -0.129. The van der Waals surface area contributed by atoms with Gasteiger partial charge in [-0.15, -0.1) is 11.3 Å². The van der Waals surface area contributed by atoms with Gasteiger partial charge in [0.2, 0.25) is 11.8 Å². The van der Waals surface area contributed by atoms with Crippen molar-refractivity contribution in [3.8, 4) is 0 Å². The molecule has 106 valence electrons. The van der Waals surface area contributed by atoms with Crippen LogP contribution in [-0.2, 0) is 16.0 Å². The Hall–Kier alpha value is -1.21. The summed E-state index contributed by atoms with van der Waals surface area (Å²) < 4.78 is 0.641. The first-order chi connectivity index (χ1) is 8.61. The molecule has 0 unspecified atom stereocenters. The molecule has 0 radical (unpaired) electrons. The fourth-order valence-electron chi connectivity index (χ4n) is 1.68. The molecule has 1 heterocycles. The molecule has 0 aliphatic carbocycles. The van der Waals surface area contributed by atoms with E-state index in [-0.39, 0.29) is 12.3 Å². The zero-order valence-electron chi connectivity index (χ0n) is 11.5. The predicted octanol–water partition coefficient (Wildman–Crippen LogP) is 1.67. The van der Waals surface area contributed by atoms with Gasteiger partial charge in [0, 0.05) is 10.6 Å². The average molecular weight is 301 g/mol. The van der Waals surface area contributed by atoms with Gasteiger partial charge in [-0.25, -0.2) is 0 Å². The van der Waals surface area contributed by atoms with Gasteiger partial charge in [-0.2, -0.15) is 0 Å². The van der Waals surface area contributed by atoms with Crippen molar-refractivity contribution in [3.05, 3.63) is 14.5 Å². The Kier molecular flexibility index (Phi) is 4.86.